The molecule has 1 fully saturated rings. The molecule has 0 unspecified atom stereocenters. The van der Waals surface area contributed by atoms with E-state index in [-0.39, 0.29) is 18.0 Å². The molecule has 29 heavy (non-hydrogen) atoms. The van der Waals surface area contributed by atoms with Crippen LogP contribution in [0, 0.1) is 5.82 Å². The van der Waals surface area contributed by atoms with Gasteiger partial charge in [-0.1, -0.05) is 18.2 Å². The Labute approximate surface area is 169 Å². The van der Waals surface area contributed by atoms with Gasteiger partial charge in [-0.3, -0.25) is 10.1 Å². The van der Waals surface area contributed by atoms with Crippen molar-refractivity contribution in [3.05, 3.63) is 65.5 Å². The summed E-state index contributed by atoms with van der Waals surface area (Å²) in [5, 5.41) is 2.63. The lowest BCUT2D eigenvalue weighted by molar-refractivity contribution is 0.0606. The number of nitrogens with two attached hydrogens (primary N) is 1. The normalized spacial score (nSPS) is 18.7. The maximum Gasteiger partial charge on any atom is 0.411 e. The second-order valence-electron chi connectivity index (χ2n) is 7.33. The van der Waals surface area contributed by atoms with E-state index in [4.69, 9.17) is 5.73 Å². The van der Waals surface area contributed by atoms with E-state index in [1.165, 1.54) is 19.2 Å². The molecule has 2 aromatic carbocycles. The van der Waals surface area contributed by atoms with Crippen LogP contribution in [-0.2, 0) is 11.3 Å². The molecule has 1 aliphatic carbocycles. The largest absolute Gasteiger partial charge is 0.453 e. The van der Waals surface area contributed by atoms with Gasteiger partial charge >= 0.3 is 6.09 Å². The number of rotatable bonds is 5. The number of carbonyl (C=O) groups is 2. The first-order chi connectivity index (χ1) is 14.0. The van der Waals surface area contributed by atoms with Crippen molar-refractivity contribution in [2.45, 2.75) is 44.3 Å². The van der Waals surface area contributed by atoms with Gasteiger partial charge in [0.2, 0.25) is 0 Å². The van der Waals surface area contributed by atoms with Gasteiger partial charge in [-0.25, -0.2) is 9.18 Å². The molecule has 0 bridgehead atoms. The molecular weight excluding hydrogens is 373 g/mol. The van der Waals surface area contributed by atoms with Crippen LogP contribution in [0.5, 0.6) is 0 Å². The van der Waals surface area contributed by atoms with Gasteiger partial charge in [-0.05, 0) is 61.6 Å². The standard InChI is InChI=1S/C22H26FN3O3/c1-29-22(28)25-19-7-2-4-15(12-19)14-26(20-10-8-18(24)9-11-20)21(27)16-5-3-6-17(23)13-16/h2-7,12-13,18,20H,8-11,14,24H2,1H3,(H,25,28). The molecule has 0 heterocycles. The van der Waals surface area contributed by atoms with Crippen LogP contribution in [0.2, 0.25) is 0 Å². The van der Waals surface area contributed by atoms with Crippen LogP contribution in [0.3, 0.4) is 0 Å². The number of anilines is 1. The SMILES string of the molecule is COC(=O)Nc1cccc(CN(C(=O)c2cccc(F)c2)C2CCC(N)CC2)c1. The third-order valence-electron chi connectivity index (χ3n) is 5.23. The molecule has 2 aromatic rings. The summed E-state index contributed by atoms with van der Waals surface area (Å²) in [6.07, 6.45) is 2.75. The Morgan fingerprint density at radius 1 is 1.14 bits per heavy atom. The number of methoxy groups -OCH3 is 1. The smallest absolute Gasteiger partial charge is 0.411 e. The van der Waals surface area contributed by atoms with Gasteiger partial charge in [0.05, 0.1) is 7.11 Å². The Morgan fingerprint density at radius 3 is 2.55 bits per heavy atom. The first-order valence-electron chi connectivity index (χ1n) is 9.72. The number of halogens is 1. The minimum absolute atomic E-state index is 0.0304. The molecule has 0 radical (unpaired) electrons. The highest BCUT2D eigenvalue weighted by Crippen LogP contribution is 2.26. The third-order valence-corrected chi connectivity index (χ3v) is 5.23. The fourth-order valence-corrected chi connectivity index (χ4v) is 3.68. The molecule has 2 amide bonds. The summed E-state index contributed by atoms with van der Waals surface area (Å²) >= 11 is 0. The summed E-state index contributed by atoms with van der Waals surface area (Å²) in [4.78, 5) is 26.5. The molecule has 1 aliphatic rings. The number of nitrogens with zero attached hydrogens (tertiary/aromatic N) is 1. The van der Waals surface area contributed by atoms with Gasteiger partial charge in [0.15, 0.2) is 0 Å². The lowest BCUT2D eigenvalue weighted by atomic mass is 9.90. The first-order valence-corrected chi connectivity index (χ1v) is 9.72. The Balaban J connectivity index is 1.84. The molecule has 0 aromatic heterocycles. The second-order valence-corrected chi connectivity index (χ2v) is 7.33. The molecule has 0 saturated heterocycles. The van der Waals surface area contributed by atoms with Crippen molar-refractivity contribution in [3.63, 3.8) is 0 Å². The minimum Gasteiger partial charge on any atom is -0.453 e. The highest BCUT2D eigenvalue weighted by molar-refractivity contribution is 5.94. The van der Waals surface area contributed by atoms with Gasteiger partial charge in [-0.2, -0.15) is 0 Å². The summed E-state index contributed by atoms with van der Waals surface area (Å²) in [7, 11) is 1.30. The molecule has 0 atom stereocenters. The Bertz CT molecular complexity index is 866. The summed E-state index contributed by atoms with van der Waals surface area (Å²) < 4.78 is 18.3. The maximum atomic E-state index is 13.7. The summed E-state index contributed by atoms with van der Waals surface area (Å²) in [6.45, 7) is 0.353. The van der Waals surface area contributed by atoms with Crippen LogP contribution >= 0.6 is 0 Å². The number of hydrogen-bond donors (Lipinski definition) is 2. The van der Waals surface area contributed by atoms with E-state index in [1.807, 2.05) is 12.1 Å². The quantitative estimate of drug-likeness (QED) is 0.798. The van der Waals surface area contributed by atoms with Crippen LogP contribution in [0.4, 0.5) is 14.9 Å². The average molecular weight is 399 g/mol. The van der Waals surface area contributed by atoms with E-state index < -0.39 is 11.9 Å². The highest BCUT2D eigenvalue weighted by atomic mass is 19.1. The minimum atomic E-state index is -0.559. The van der Waals surface area contributed by atoms with E-state index in [2.05, 4.69) is 10.1 Å². The Morgan fingerprint density at radius 2 is 1.86 bits per heavy atom. The number of ether oxygens (including phenoxy) is 1. The summed E-state index contributed by atoms with van der Waals surface area (Å²) in [5.74, 6) is -0.651. The van der Waals surface area contributed by atoms with E-state index in [1.54, 1.807) is 29.2 Å². The number of hydrogen-bond acceptors (Lipinski definition) is 4. The number of carbonyl (C=O) groups excluding carboxylic acids is 2. The molecule has 6 nitrogen and oxygen atoms in total. The molecule has 0 spiro atoms. The molecule has 3 rings (SSSR count). The predicted molar refractivity (Wildman–Crippen MR) is 109 cm³/mol. The van der Waals surface area contributed by atoms with Crippen molar-refractivity contribution in [3.8, 4) is 0 Å². The zero-order valence-corrected chi connectivity index (χ0v) is 16.4. The van der Waals surface area contributed by atoms with E-state index in [0.717, 1.165) is 31.2 Å². The lowest BCUT2D eigenvalue weighted by Gasteiger charge is -2.36. The highest BCUT2D eigenvalue weighted by Gasteiger charge is 2.28. The van der Waals surface area contributed by atoms with Gasteiger partial charge in [0.1, 0.15) is 5.82 Å². The average Bonchev–Trinajstić information content (AvgIpc) is 2.72. The molecule has 7 heteroatoms. The van der Waals surface area contributed by atoms with Crippen molar-refractivity contribution >= 4 is 17.7 Å². The molecule has 0 aliphatic heterocycles. The fourth-order valence-electron chi connectivity index (χ4n) is 3.68. The monoisotopic (exact) mass is 399 g/mol. The lowest BCUT2D eigenvalue weighted by Crippen LogP contribution is -2.43. The molecule has 3 N–H and O–H groups in total. The van der Waals surface area contributed by atoms with E-state index >= 15 is 0 Å². The van der Waals surface area contributed by atoms with Crippen LogP contribution in [-0.4, -0.2) is 36.1 Å². The number of nitrogens with one attached hydrogen (secondary N) is 1. The third kappa shape index (κ3) is 5.54. The van der Waals surface area contributed by atoms with Crippen molar-refractivity contribution in [2.24, 2.45) is 5.73 Å². The van der Waals surface area contributed by atoms with Gasteiger partial charge in [0, 0.05) is 29.9 Å². The van der Waals surface area contributed by atoms with Gasteiger partial charge in [-0.15, -0.1) is 0 Å². The Kier molecular flexibility index (Phi) is 6.82. The van der Waals surface area contributed by atoms with Crippen molar-refractivity contribution in [1.29, 1.82) is 0 Å². The number of amides is 2. The first kappa shape index (κ1) is 20.8. The number of benzene rings is 2. The molecule has 1 saturated carbocycles. The Hall–Kier alpha value is -2.93. The van der Waals surface area contributed by atoms with E-state index in [9.17, 15) is 14.0 Å². The maximum absolute atomic E-state index is 13.7. The summed E-state index contributed by atoms with van der Waals surface area (Å²) in [5.41, 5.74) is 7.80. The fraction of sp³-hybridized carbons (Fsp3) is 0.364. The van der Waals surface area contributed by atoms with E-state index in [0.29, 0.717) is 17.8 Å². The predicted octanol–water partition coefficient (Wildman–Crippen LogP) is 3.92. The topological polar surface area (TPSA) is 84.7 Å². The molecular formula is C22H26FN3O3. The van der Waals surface area contributed by atoms with Crippen LogP contribution in [0.15, 0.2) is 48.5 Å². The van der Waals surface area contributed by atoms with Gasteiger partial charge < -0.3 is 15.4 Å². The van der Waals surface area contributed by atoms with Crippen molar-refractivity contribution in [2.75, 3.05) is 12.4 Å². The van der Waals surface area contributed by atoms with Crippen LogP contribution in [0.25, 0.3) is 0 Å². The van der Waals surface area contributed by atoms with Crippen molar-refractivity contribution < 1.29 is 18.7 Å². The second kappa shape index (κ2) is 9.52. The molecule has 154 valence electrons. The van der Waals surface area contributed by atoms with Crippen LogP contribution in [0.1, 0.15) is 41.6 Å². The van der Waals surface area contributed by atoms with Gasteiger partial charge in [0.25, 0.3) is 5.91 Å². The van der Waals surface area contributed by atoms with Crippen LogP contribution < -0.4 is 11.1 Å². The summed E-state index contributed by atoms with van der Waals surface area (Å²) in [6, 6.07) is 13.2. The van der Waals surface area contributed by atoms with Crippen molar-refractivity contribution in [1.82, 2.24) is 4.90 Å². The zero-order chi connectivity index (χ0) is 20.8. The zero-order valence-electron chi connectivity index (χ0n) is 16.4.